The zero-order chi connectivity index (χ0) is 23.9. The van der Waals surface area contributed by atoms with Gasteiger partial charge in [-0.3, -0.25) is 4.79 Å². The van der Waals surface area contributed by atoms with Crippen molar-refractivity contribution in [3.63, 3.8) is 0 Å². The lowest BCUT2D eigenvalue weighted by Crippen LogP contribution is -2.39. The van der Waals surface area contributed by atoms with E-state index in [2.05, 4.69) is 36.2 Å². The summed E-state index contributed by atoms with van der Waals surface area (Å²) in [6.45, 7) is 13.9. The predicted octanol–water partition coefficient (Wildman–Crippen LogP) is 5.07. The molecule has 8 heteroatoms. The van der Waals surface area contributed by atoms with Gasteiger partial charge in [-0.2, -0.15) is 0 Å². The molecule has 8 nitrogen and oxygen atoms in total. The first kappa shape index (κ1) is 25.4. The molecule has 0 atom stereocenters. The van der Waals surface area contributed by atoms with E-state index in [1.54, 1.807) is 12.1 Å². The monoisotopic (exact) mass is 445 g/mol. The van der Waals surface area contributed by atoms with Gasteiger partial charge in [0, 0.05) is 29.4 Å². The number of nitroso groups, excluding NO2 is 1. The summed E-state index contributed by atoms with van der Waals surface area (Å²) in [7, 11) is 0. The standard InChI is InChI=1S/C24H35N3O5/c1-7-8-11-31-21-19-12-17(22(28)26-30)9-10-18(19)15-27(14-16(2)3)20(21)13-25-23(29)32-24(4,5)6/h9-10,12,16H,7-8,11,13-15H2,1-6H3,(H,25,29). The highest BCUT2D eigenvalue weighted by Gasteiger charge is 2.28. The molecule has 1 heterocycles. The molecule has 0 spiro atoms. The Morgan fingerprint density at radius 3 is 2.56 bits per heavy atom. The molecule has 2 rings (SSSR count). The largest absolute Gasteiger partial charge is 0.491 e. The van der Waals surface area contributed by atoms with Crippen LogP contribution in [0.4, 0.5) is 4.79 Å². The summed E-state index contributed by atoms with van der Waals surface area (Å²) in [4.78, 5) is 37.2. The maximum atomic E-state index is 12.3. The molecule has 0 unspecified atom stereocenters. The normalized spacial score (nSPS) is 13.7. The fraction of sp³-hybridized carbons (Fsp3) is 0.583. The van der Waals surface area contributed by atoms with Crippen molar-refractivity contribution in [2.75, 3.05) is 19.7 Å². The molecule has 2 amide bonds. The number of alkyl carbamates (subject to hydrolysis) is 1. The van der Waals surface area contributed by atoms with Crippen molar-refractivity contribution in [2.45, 2.75) is 66.5 Å². The van der Waals surface area contributed by atoms with E-state index in [4.69, 9.17) is 9.47 Å². The lowest BCUT2D eigenvalue weighted by Gasteiger charge is -2.36. The topological polar surface area (TPSA) is 97.3 Å². The Bertz CT molecular complexity index is 871. The number of rotatable bonds is 9. The van der Waals surface area contributed by atoms with Crippen LogP contribution < -0.4 is 5.32 Å². The minimum absolute atomic E-state index is 0.215. The summed E-state index contributed by atoms with van der Waals surface area (Å²) in [5, 5.41) is 5.38. The van der Waals surface area contributed by atoms with Gasteiger partial charge >= 0.3 is 12.0 Å². The van der Waals surface area contributed by atoms with Crippen LogP contribution in [0.3, 0.4) is 0 Å². The third kappa shape index (κ3) is 7.07. The van der Waals surface area contributed by atoms with Crippen LogP contribution in [0.1, 0.15) is 75.9 Å². The van der Waals surface area contributed by atoms with Gasteiger partial charge in [-0.05, 0) is 50.8 Å². The van der Waals surface area contributed by atoms with Crippen LogP contribution in [0, 0.1) is 10.8 Å². The molecule has 0 fully saturated rings. The van der Waals surface area contributed by atoms with E-state index in [1.165, 1.54) is 0 Å². The second-order valence-electron chi connectivity index (χ2n) is 9.38. The molecule has 0 radical (unpaired) electrons. The Morgan fingerprint density at radius 1 is 1.25 bits per heavy atom. The molecule has 0 saturated carbocycles. The molecule has 0 bridgehead atoms. The Balaban J connectivity index is 2.48. The van der Waals surface area contributed by atoms with Gasteiger partial charge in [0.25, 0.3) is 0 Å². The van der Waals surface area contributed by atoms with E-state index in [-0.39, 0.29) is 12.1 Å². The summed E-state index contributed by atoms with van der Waals surface area (Å²) >= 11 is 0. The number of fused-ring (bicyclic) bond motifs is 1. The van der Waals surface area contributed by atoms with Gasteiger partial charge in [-0.1, -0.05) is 33.3 Å². The molecule has 32 heavy (non-hydrogen) atoms. The van der Waals surface area contributed by atoms with Crippen molar-refractivity contribution in [1.82, 2.24) is 10.2 Å². The number of carbonyl (C=O) groups is 2. The first-order valence-electron chi connectivity index (χ1n) is 11.1. The maximum absolute atomic E-state index is 12.3. The summed E-state index contributed by atoms with van der Waals surface area (Å²) in [6.07, 6.45) is 1.32. The second kappa shape index (κ2) is 11.1. The summed E-state index contributed by atoms with van der Waals surface area (Å²) in [5.74, 6) is 0.167. The first-order chi connectivity index (χ1) is 15.1. The van der Waals surface area contributed by atoms with Crippen molar-refractivity contribution in [3.05, 3.63) is 45.5 Å². The molecule has 1 N–H and O–H groups in total. The highest BCUT2D eigenvalue weighted by Crippen LogP contribution is 2.34. The highest BCUT2D eigenvalue weighted by atomic mass is 16.6. The number of nitrogens with zero attached hydrogens (tertiary/aromatic N) is 2. The van der Waals surface area contributed by atoms with E-state index in [1.807, 2.05) is 26.8 Å². The van der Waals surface area contributed by atoms with Crippen LogP contribution in [0.2, 0.25) is 0 Å². The van der Waals surface area contributed by atoms with Gasteiger partial charge < -0.3 is 19.7 Å². The van der Waals surface area contributed by atoms with Crippen LogP contribution in [0.15, 0.2) is 29.1 Å². The van der Waals surface area contributed by atoms with Crippen LogP contribution in [0.25, 0.3) is 5.76 Å². The van der Waals surface area contributed by atoms with Crippen molar-refractivity contribution >= 4 is 17.8 Å². The molecule has 1 aliphatic heterocycles. The number of hydrogen-bond donors (Lipinski definition) is 1. The van der Waals surface area contributed by atoms with E-state index in [0.29, 0.717) is 24.8 Å². The third-order valence-corrected chi connectivity index (χ3v) is 4.82. The van der Waals surface area contributed by atoms with E-state index in [0.717, 1.165) is 36.2 Å². The number of nitrogens with one attached hydrogen (secondary N) is 1. The average molecular weight is 446 g/mol. The predicted molar refractivity (Wildman–Crippen MR) is 124 cm³/mol. The molecular formula is C24H35N3O5. The number of unbranched alkanes of at least 4 members (excludes halogenated alkanes) is 1. The molecule has 176 valence electrons. The zero-order valence-corrected chi connectivity index (χ0v) is 20.0. The quantitative estimate of drug-likeness (QED) is 0.421. The Hall–Kier alpha value is -2.90. The molecule has 0 saturated heterocycles. The third-order valence-electron chi connectivity index (χ3n) is 4.82. The molecular weight excluding hydrogens is 410 g/mol. The second-order valence-corrected chi connectivity index (χ2v) is 9.38. The average Bonchev–Trinajstić information content (AvgIpc) is 2.70. The van der Waals surface area contributed by atoms with Gasteiger partial charge in [0.1, 0.15) is 11.4 Å². The van der Waals surface area contributed by atoms with Gasteiger partial charge in [-0.25, -0.2) is 4.79 Å². The van der Waals surface area contributed by atoms with Gasteiger partial charge in [0.2, 0.25) is 0 Å². The molecule has 1 aromatic rings. The fourth-order valence-electron chi connectivity index (χ4n) is 3.47. The summed E-state index contributed by atoms with van der Waals surface area (Å²) < 4.78 is 11.6. The van der Waals surface area contributed by atoms with Crippen LogP contribution in [-0.4, -0.2) is 42.2 Å². The summed E-state index contributed by atoms with van der Waals surface area (Å²) in [6, 6.07) is 5.10. The van der Waals surface area contributed by atoms with E-state index in [9.17, 15) is 14.5 Å². The van der Waals surface area contributed by atoms with Gasteiger partial charge in [0.15, 0.2) is 0 Å². The highest BCUT2D eigenvalue weighted by molar-refractivity contribution is 5.95. The van der Waals surface area contributed by atoms with E-state index >= 15 is 0 Å². The number of carbonyl (C=O) groups excluding carboxylic acids is 2. The number of benzene rings is 1. The smallest absolute Gasteiger partial charge is 0.407 e. The van der Waals surface area contributed by atoms with E-state index < -0.39 is 17.6 Å². The molecule has 1 aliphatic rings. The molecule has 0 aromatic heterocycles. The number of hydrogen-bond acceptors (Lipinski definition) is 6. The van der Waals surface area contributed by atoms with Crippen molar-refractivity contribution in [1.29, 1.82) is 0 Å². The van der Waals surface area contributed by atoms with Crippen LogP contribution >= 0.6 is 0 Å². The summed E-state index contributed by atoms with van der Waals surface area (Å²) in [5.41, 5.74) is 2.16. The minimum atomic E-state index is -0.821. The van der Waals surface area contributed by atoms with Crippen molar-refractivity contribution in [2.24, 2.45) is 11.1 Å². The lowest BCUT2D eigenvalue weighted by atomic mass is 9.95. The van der Waals surface area contributed by atoms with Crippen LogP contribution in [0.5, 0.6) is 0 Å². The van der Waals surface area contributed by atoms with Gasteiger partial charge in [0.05, 0.1) is 18.8 Å². The lowest BCUT2D eigenvalue weighted by molar-refractivity contribution is 0.0527. The van der Waals surface area contributed by atoms with Crippen molar-refractivity contribution < 1.29 is 19.1 Å². The zero-order valence-electron chi connectivity index (χ0n) is 20.0. The number of amides is 2. The Morgan fingerprint density at radius 2 is 1.97 bits per heavy atom. The SMILES string of the molecule is CCCCOC1=C(CNC(=O)OC(C)(C)C)N(CC(C)C)Cc2ccc(C(=O)N=O)cc21. The van der Waals surface area contributed by atoms with Gasteiger partial charge in [-0.15, -0.1) is 4.91 Å². The Labute approximate surface area is 190 Å². The fourth-order valence-corrected chi connectivity index (χ4v) is 3.47. The maximum Gasteiger partial charge on any atom is 0.407 e. The first-order valence-corrected chi connectivity index (χ1v) is 11.1. The van der Waals surface area contributed by atoms with Crippen molar-refractivity contribution in [3.8, 4) is 0 Å². The Kier molecular flexibility index (Phi) is 8.80. The van der Waals surface area contributed by atoms with Crippen LogP contribution in [-0.2, 0) is 16.0 Å². The molecule has 1 aromatic carbocycles. The molecule has 0 aliphatic carbocycles. The number of ether oxygens (including phenoxy) is 2. The minimum Gasteiger partial charge on any atom is -0.491 e.